The second kappa shape index (κ2) is 9.35. The molecular weight excluding hydrogens is 426 g/mol. The molecule has 166 valence electrons. The number of benzene rings is 2. The van der Waals surface area contributed by atoms with E-state index in [1.54, 1.807) is 23.8 Å². The Labute approximate surface area is 190 Å². The van der Waals surface area contributed by atoms with Crippen LogP contribution in [0.2, 0.25) is 0 Å². The van der Waals surface area contributed by atoms with Crippen LogP contribution in [0.15, 0.2) is 42.5 Å². The van der Waals surface area contributed by atoms with Gasteiger partial charge in [-0.15, -0.1) is 10.2 Å². The molecule has 4 rings (SSSR count). The summed E-state index contributed by atoms with van der Waals surface area (Å²) in [4.78, 5) is 13.7. The number of hydrogen-bond acceptors (Lipinski definition) is 7. The average Bonchev–Trinajstić information content (AvgIpc) is 3.40. The van der Waals surface area contributed by atoms with Gasteiger partial charge in [-0.25, -0.2) is 0 Å². The average molecular weight is 452 g/mol. The van der Waals surface area contributed by atoms with Crippen molar-refractivity contribution in [2.24, 2.45) is 0 Å². The van der Waals surface area contributed by atoms with Crippen LogP contribution in [-0.4, -0.2) is 38.9 Å². The van der Waals surface area contributed by atoms with Crippen LogP contribution in [0.25, 0.3) is 15.5 Å². The number of fused-ring (bicyclic) bond motifs is 1. The number of rotatable bonds is 8. The fourth-order valence-corrected chi connectivity index (χ4v) is 4.01. The van der Waals surface area contributed by atoms with Crippen molar-refractivity contribution < 1.29 is 14.3 Å². The van der Waals surface area contributed by atoms with Crippen LogP contribution in [0.4, 0.5) is 5.69 Å². The number of anilines is 1. The molecule has 1 amide bonds. The van der Waals surface area contributed by atoms with Gasteiger partial charge in [0, 0.05) is 17.5 Å². The van der Waals surface area contributed by atoms with Crippen molar-refractivity contribution in [3.8, 4) is 22.1 Å². The molecule has 1 N–H and O–H groups in total. The number of carbonyl (C=O) groups excluding carboxylic acids is 1. The summed E-state index contributed by atoms with van der Waals surface area (Å²) in [6.07, 6.45) is 1.71. The SMILES string of the molecule is CCc1nnc2sc(-c3ccc(OC)c(NC(=O)c4cccc(O[C@H](C)CC)c4)c3)nn12. The van der Waals surface area contributed by atoms with E-state index in [4.69, 9.17) is 9.47 Å². The first-order valence-electron chi connectivity index (χ1n) is 10.5. The molecule has 0 aliphatic carbocycles. The molecule has 1 atom stereocenters. The van der Waals surface area contributed by atoms with E-state index in [1.165, 1.54) is 11.3 Å². The minimum Gasteiger partial charge on any atom is -0.495 e. The molecule has 0 saturated carbocycles. The minimum atomic E-state index is -0.249. The van der Waals surface area contributed by atoms with Crippen molar-refractivity contribution in [1.29, 1.82) is 0 Å². The maximum absolute atomic E-state index is 13.0. The summed E-state index contributed by atoms with van der Waals surface area (Å²) in [7, 11) is 1.57. The van der Waals surface area contributed by atoms with E-state index in [2.05, 4.69) is 27.5 Å². The van der Waals surface area contributed by atoms with Gasteiger partial charge in [0.25, 0.3) is 5.91 Å². The van der Waals surface area contributed by atoms with E-state index < -0.39 is 0 Å². The first kappa shape index (κ1) is 21.8. The third kappa shape index (κ3) is 4.43. The largest absolute Gasteiger partial charge is 0.495 e. The highest BCUT2D eigenvalue weighted by molar-refractivity contribution is 7.19. The van der Waals surface area contributed by atoms with Gasteiger partial charge in [0.15, 0.2) is 5.82 Å². The molecule has 4 aromatic rings. The van der Waals surface area contributed by atoms with Crippen molar-refractivity contribution >= 4 is 27.9 Å². The highest BCUT2D eigenvalue weighted by Gasteiger charge is 2.16. The van der Waals surface area contributed by atoms with Gasteiger partial charge in [0.2, 0.25) is 4.96 Å². The maximum atomic E-state index is 13.0. The molecular formula is C23H25N5O3S. The molecule has 0 spiro atoms. The lowest BCUT2D eigenvalue weighted by atomic mass is 10.1. The summed E-state index contributed by atoms with van der Waals surface area (Å²) >= 11 is 1.44. The first-order valence-corrected chi connectivity index (χ1v) is 11.3. The monoisotopic (exact) mass is 451 g/mol. The summed E-state index contributed by atoms with van der Waals surface area (Å²) < 4.78 is 13.1. The smallest absolute Gasteiger partial charge is 0.255 e. The number of hydrogen-bond donors (Lipinski definition) is 1. The molecule has 0 bridgehead atoms. The Bertz CT molecular complexity index is 1250. The minimum absolute atomic E-state index is 0.0767. The van der Waals surface area contributed by atoms with Crippen molar-refractivity contribution in [3.05, 3.63) is 53.9 Å². The third-order valence-electron chi connectivity index (χ3n) is 5.07. The third-order valence-corrected chi connectivity index (χ3v) is 6.02. The normalized spacial score (nSPS) is 12.0. The molecule has 32 heavy (non-hydrogen) atoms. The molecule has 0 aliphatic rings. The summed E-state index contributed by atoms with van der Waals surface area (Å²) in [5.41, 5.74) is 1.92. The molecule has 2 aromatic carbocycles. The fourth-order valence-electron chi connectivity index (χ4n) is 3.15. The van der Waals surface area contributed by atoms with Gasteiger partial charge >= 0.3 is 0 Å². The Morgan fingerprint density at radius 2 is 2.03 bits per heavy atom. The highest BCUT2D eigenvalue weighted by atomic mass is 32.1. The Balaban J connectivity index is 1.61. The predicted octanol–water partition coefficient (Wildman–Crippen LogP) is 4.85. The zero-order chi connectivity index (χ0) is 22.7. The van der Waals surface area contributed by atoms with Gasteiger partial charge in [0.1, 0.15) is 16.5 Å². The van der Waals surface area contributed by atoms with E-state index >= 15 is 0 Å². The number of methoxy groups -OCH3 is 1. The van der Waals surface area contributed by atoms with Crippen molar-refractivity contribution in [2.75, 3.05) is 12.4 Å². The van der Waals surface area contributed by atoms with Crippen LogP contribution in [-0.2, 0) is 6.42 Å². The molecule has 2 heterocycles. The van der Waals surface area contributed by atoms with Crippen molar-refractivity contribution in [1.82, 2.24) is 19.8 Å². The second-order valence-electron chi connectivity index (χ2n) is 7.31. The molecule has 0 radical (unpaired) electrons. The van der Waals surface area contributed by atoms with Crippen LogP contribution in [0.1, 0.15) is 43.4 Å². The Hall–Kier alpha value is -3.46. The zero-order valence-corrected chi connectivity index (χ0v) is 19.3. The molecule has 9 heteroatoms. The van der Waals surface area contributed by atoms with Crippen LogP contribution >= 0.6 is 11.3 Å². The van der Waals surface area contributed by atoms with Gasteiger partial charge < -0.3 is 14.8 Å². The van der Waals surface area contributed by atoms with Gasteiger partial charge in [-0.1, -0.05) is 31.3 Å². The Morgan fingerprint density at radius 3 is 2.78 bits per heavy atom. The van der Waals surface area contributed by atoms with Gasteiger partial charge in [-0.3, -0.25) is 4.79 Å². The number of nitrogens with one attached hydrogen (secondary N) is 1. The first-order chi connectivity index (χ1) is 15.5. The number of nitrogens with zero attached hydrogens (tertiary/aromatic N) is 4. The van der Waals surface area contributed by atoms with Crippen molar-refractivity contribution in [3.63, 3.8) is 0 Å². The van der Waals surface area contributed by atoms with E-state index in [0.717, 1.165) is 34.2 Å². The molecule has 0 aliphatic heterocycles. The summed E-state index contributed by atoms with van der Waals surface area (Å²) in [5, 5.41) is 16.7. The van der Waals surface area contributed by atoms with Crippen LogP contribution in [0, 0.1) is 0 Å². The van der Waals surface area contributed by atoms with Gasteiger partial charge in [0.05, 0.1) is 18.9 Å². The van der Waals surface area contributed by atoms with E-state index in [-0.39, 0.29) is 12.0 Å². The van der Waals surface area contributed by atoms with Gasteiger partial charge in [-0.2, -0.15) is 9.61 Å². The van der Waals surface area contributed by atoms with Gasteiger partial charge in [-0.05, 0) is 49.7 Å². The Kier molecular flexibility index (Phi) is 6.36. The standard InChI is InChI=1S/C23H25N5O3S/c1-5-14(3)31-17-9-7-8-15(12-17)21(29)24-18-13-16(10-11-19(18)30-4)22-27-28-20(6-2)25-26-23(28)32-22/h7-14H,5-6H2,1-4H3,(H,24,29)/t14-/m1/s1. The van der Waals surface area contributed by atoms with E-state index in [9.17, 15) is 4.79 Å². The number of ether oxygens (including phenoxy) is 2. The number of amides is 1. The fraction of sp³-hybridized carbons (Fsp3) is 0.304. The lowest BCUT2D eigenvalue weighted by Gasteiger charge is -2.14. The molecule has 2 aromatic heterocycles. The predicted molar refractivity (Wildman–Crippen MR) is 125 cm³/mol. The topological polar surface area (TPSA) is 90.6 Å². The van der Waals surface area contributed by atoms with Crippen LogP contribution < -0.4 is 14.8 Å². The second-order valence-corrected chi connectivity index (χ2v) is 8.26. The van der Waals surface area contributed by atoms with Crippen LogP contribution in [0.5, 0.6) is 11.5 Å². The Morgan fingerprint density at radius 1 is 1.19 bits per heavy atom. The van der Waals surface area contributed by atoms with Crippen LogP contribution in [0.3, 0.4) is 0 Å². The lowest BCUT2D eigenvalue weighted by molar-refractivity contribution is 0.102. The van der Waals surface area contributed by atoms with E-state index in [1.807, 2.05) is 44.2 Å². The molecule has 0 unspecified atom stereocenters. The summed E-state index contributed by atoms with van der Waals surface area (Å²) in [6.45, 7) is 6.07. The summed E-state index contributed by atoms with van der Waals surface area (Å²) in [6, 6.07) is 12.7. The lowest BCUT2D eigenvalue weighted by Crippen LogP contribution is -2.14. The zero-order valence-electron chi connectivity index (χ0n) is 18.5. The number of carbonyl (C=O) groups is 1. The summed E-state index contributed by atoms with van der Waals surface area (Å²) in [5.74, 6) is 1.79. The molecule has 8 nitrogen and oxygen atoms in total. The van der Waals surface area contributed by atoms with E-state index in [0.29, 0.717) is 22.7 Å². The highest BCUT2D eigenvalue weighted by Crippen LogP contribution is 2.33. The molecule has 0 fully saturated rings. The number of aromatic nitrogens is 4. The maximum Gasteiger partial charge on any atom is 0.255 e. The molecule has 0 saturated heterocycles. The number of aryl methyl sites for hydroxylation is 1. The van der Waals surface area contributed by atoms with Crippen molar-refractivity contribution in [2.45, 2.75) is 39.7 Å². The quantitative estimate of drug-likeness (QED) is 0.412.